The van der Waals surface area contributed by atoms with Crippen LogP contribution in [-0.4, -0.2) is 31.1 Å². The van der Waals surface area contributed by atoms with Gasteiger partial charge in [-0.05, 0) is 56.6 Å². The van der Waals surface area contributed by atoms with E-state index in [1.807, 2.05) is 12.1 Å². The molecule has 2 nitrogen and oxygen atoms in total. The number of rotatable bonds is 5. The number of hydrogen-bond donors (Lipinski definition) is 1. The van der Waals surface area contributed by atoms with E-state index in [1.54, 1.807) is 12.1 Å². The molecule has 2 aromatic carbocycles. The van der Waals surface area contributed by atoms with Gasteiger partial charge in [0, 0.05) is 23.8 Å². The van der Waals surface area contributed by atoms with Gasteiger partial charge in [-0.25, -0.2) is 4.39 Å². The normalized spacial score (nSPS) is 18.3. The Morgan fingerprint density at radius 2 is 1.92 bits per heavy atom. The molecular formula is C20H22F4N2. The van der Waals surface area contributed by atoms with Gasteiger partial charge in [0.1, 0.15) is 5.82 Å². The zero-order valence-electron chi connectivity index (χ0n) is 14.6. The standard InChI is InChI=1S/C20H22F4N2/c1-26-12-4-5-15(26)10-11-25-19-7-3-2-6-16(19)14-8-9-18(21)17(13-14)20(22,23)24/h2-3,6-9,13,15,25H,4-5,10-12H2,1H3. The van der Waals surface area contributed by atoms with E-state index in [4.69, 9.17) is 0 Å². The first-order chi connectivity index (χ1) is 12.4. The first-order valence-corrected chi connectivity index (χ1v) is 8.76. The molecule has 1 fully saturated rings. The van der Waals surface area contributed by atoms with E-state index < -0.39 is 17.6 Å². The van der Waals surface area contributed by atoms with Crippen LogP contribution >= 0.6 is 0 Å². The predicted molar refractivity (Wildman–Crippen MR) is 95.6 cm³/mol. The lowest BCUT2D eigenvalue weighted by atomic mass is 10.0. The van der Waals surface area contributed by atoms with Gasteiger partial charge in [0.25, 0.3) is 0 Å². The van der Waals surface area contributed by atoms with Crippen molar-refractivity contribution < 1.29 is 17.6 Å². The van der Waals surface area contributed by atoms with Gasteiger partial charge < -0.3 is 10.2 Å². The molecule has 0 amide bonds. The summed E-state index contributed by atoms with van der Waals surface area (Å²) >= 11 is 0. The van der Waals surface area contributed by atoms with E-state index in [2.05, 4.69) is 17.3 Å². The second kappa shape index (κ2) is 7.66. The number of benzene rings is 2. The fourth-order valence-electron chi connectivity index (χ4n) is 3.52. The van der Waals surface area contributed by atoms with Crippen LogP contribution in [0.3, 0.4) is 0 Å². The van der Waals surface area contributed by atoms with Crippen molar-refractivity contribution in [3.05, 3.63) is 53.8 Å². The summed E-state index contributed by atoms with van der Waals surface area (Å²) in [7, 11) is 2.11. The first kappa shape index (κ1) is 18.7. The second-order valence-corrected chi connectivity index (χ2v) is 6.73. The SMILES string of the molecule is CN1CCCC1CCNc1ccccc1-c1ccc(F)c(C(F)(F)F)c1. The third-order valence-corrected chi connectivity index (χ3v) is 4.97. The van der Waals surface area contributed by atoms with Crippen molar-refractivity contribution in [3.8, 4) is 11.1 Å². The first-order valence-electron chi connectivity index (χ1n) is 8.76. The van der Waals surface area contributed by atoms with E-state index in [1.165, 1.54) is 18.9 Å². The number of halogens is 4. The van der Waals surface area contributed by atoms with Crippen LogP contribution in [0.5, 0.6) is 0 Å². The minimum atomic E-state index is -4.71. The summed E-state index contributed by atoms with van der Waals surface area (Å²) in [5.74, 6) is -1.25. The predicted octanol–water partition coefficient (Wildman–Crippen LogP) is 5.41. The fraction of sp³-hybridized carbons (Fsp3) is 0.400. The third-order valence-electron chi connectivity index (χ3n) is 4.97. The molecule has 1 N–H and O–H groups in total. The van der Waals surface area contributed by atoms with Crippen molar-refractivity contribution >= 4 is 5.69 Å². The lowest BCUT2D eigenvalue weighted by Gasteiger charge is -2.20. The summed E-state index contributed by atoms with van der Waals surface area (Å²) < 4.78 is 52.5. The monoisotopic (exact) mass is 366 g/mol. The van der Waals surface area contributed by atoms with E-state index >= 15 is 0 Å². The number of alkyl halides is 3. The van der Waals surface area contributed by atoms with Crippen LogP contribution < -0.4 is 5.32 Å². The number of likely N-dealkylation sites (tertiary alicyclic amines) is 1. The van der Waals surface area contributed by atoms with Crippen LogP contribution in [0.1, 0.15) is 24.8 Å². The smallest absolute Gasteiger partial charge is 0.384 e. The molecule has 0 saturated carbocycles. The number of para-hydroxylation sites is 1. The molecule has 26 heavy (non-hydrogen) atoms. The van der Waals surface area contributed by atoms with Gasteiger partial charge in [0.05, 0.1) is 5.56 Å². The molecule has 3 rings (SSSR count). The number of anilines is 1. The molecule has 0 aliphatic carbocycles. The highest BCUT2D eigenvalue weighted by molar-refractivity contribution is 5.78. The van der Waals surface area contributed by atoms with Crippen LogP contribution in [0.15, 0.2) is 42.5 Å². The Balaban J connectivity index is 1.79. The van der Waals surface area contributed by atoms with E-state index in [0.29, 0.717) is 17.2 Å². The largest absolute Gasteiger partial charge is 0.419 e. The van der Waals surface area contributed by atoms with Crippen molar-refractivity contribution in [1.29, 1.82) is 0 Å². The fourth-order valence-corrected chi connectivity index (χ4v) is 3.52. The molecular weight excluding hydrogens is 344 g/mol. The molecule has 1 atom stereocenters. The Kier molecular flexibility index (Phi) is 5.51. The molecule has 1 heterocycles. The maximum Gasteiger partial charge on any atom is 0.419 e. The summed E-state index contributed by atoms with van der Waals surface area (Å²) in [5.41, 5.74) is 0.503. The molecule has 1 aliphatic heterocycles. The van der Waals surface area contributed by atoms with Crippen molar-refractivity contribution in [2.75, 3.05) is 25.5 Å². The lowest BCUT2D eigenvalue weighted by molar-refractivity contribution is -0.139. The highest BCUT2D eigenvalue weighted by Gasteiger charge is 2.34. The summed E-state index contributed by atoms with van der Waals surface area (Å²) in [6.07, 6.45) is -1.36. The molecule has 0 radical (unpaired) electrons. The average molecular weight is 366 g/mol. The lowest BCUT2D eigenvalue weighted by Crippen LogP contribution is -2.27. The molecule has 0 bridgehead atoms. The maximum absolute atomic E-state index is 13.6. The summed E-state index contributed by atoms with van der Waals surface area (Å²) in [6, 6.07) is 10.9. The van der Waals surface area contributed by atoms with E-state index in [-0.39, 0.29) is 0 Å². The second-order valence-electron chi connectivity index (χ2n) is 6.73. The highest BCUT2D eigenvalue weighted by Crippen LogP contribution is 2.36. The average Bonchev–Trinajstić information content (AvgIpc) is 3.00. The Labute approximate surface area is 150 Å². The molecule has 0 aromatic heterocycles. The van der Waals surface area contributed by atoms with Crippen LogP contribution in [0.25, 0.3) is 11.1 Å². The van der Waals surface area contributed by atoms with Crippen molar-refractivity contribution in [3.63, 3.8) is 0 Å². The zero-order chi connectivity index (χ0) is 18.7. The minimum Gasteiger partial charge on any atom is -0.384 e. The van der Waals surface area contributed by atoms with Crippen LogP contribution in [-0.2, 0) is 6.18 Å². The highest BCUT2D eigenvalue weighted by atomic mass is 19.4. The van der Waals surface area contributed by atoms with Gasteiger partial charge in [-0.1, -0.05) is 24.3 Å². The Morgan fingerprint density at radius 1 is 1.15 bits per heavy atom. The van der Waals surface area contributed by atoms with E-state index in [0.717, 1.165) is 37.3 Å². The Bertz CT molecular complexity index is 758. The summed E-state index contributed by atoms with van der Waals surface area (Å²) in [4.78, 5) is 2.34. The van der Waals surface area contributed by atoms with Crippen LogP contribution in [0.4, 0.5) is 23.2 Å². The minimum absolute atomic E-state index is 0.347. The van der Waals surface area contributed by atoms with E-state index in [9.17, 15) is 17.6 Å². The maximum atomic E-state index is 13.6. The zero-order valence-corrected chi connectivity index (χ0v) is 14.6. The Morgan fingerprint density at radius 3 is 2.62 bits per heavy atom. The van der Waals surface area contributed by atoms with Crippen molar-refractivity contribution in [2.45, 2.75) is 31.5 Å². The molecule has 1 unspecified atom stereocenters. The summed E-state index contributed by atoms with van der Waals surface area (Å²) in [6.45, 7) is 1.84. The van der Waals surface area contributed by atoms with Gasteiger partial charge in [-0.3, -0.25) is 0 Å². The molecule has 1 aliphatic rings. The van der Waals surface area contributed by atoms with Gasteiger partial charge >= 0.3 is 6.18 Å². The summed E-state index contributed by atoms with van der Waals surface area (Å²) in [5, 5.41) is 3.33. The number of hydrogen-bond acceptors (Lipinski definition) is 2. The van der Waals surface area contributed by atoms with Gasteiger partial charge in [-0.15, -0.1) is 0 Å². The molecule has 6 heteroatoms. The van der Waals surface area contributed by atoms with Gasteiger partial charge in [0.15, 0.2) is 0 Å². The van der Waals surface area contributed by atoms with Crippen LogP contribution in [0.2, 0.25) is 0 Å². The molecule has 2 aromatic rings. The molecule has 0 spiro atoms. The van der Waals surface area contributed by atoms with Crippen molar-refractivity contribution in [2.24, 2.45) is 0 Å². The number of nitrogens with one attached hydrogen (secondary N) is 1. The van der Waals surface area contributed by atoms with Crippen LogP contribution in [0, 0.1) is 5.82 Å². The number of nitrogens with zero attached hydrogens (tertiary/aromatic N) is 1. The van der Waals surface area contributed by atoms with Gasteiger partial charge in [0.2, 0.25) is 0 Å². The molecule has 140 valence electrons. The molecule has 1 saturated heterocycles. The quantitative estimate of drug-likeness (QED) is 0.712. The van der Waals surface area contributed by atoms with Gasteiger partial charge in [-0.2, -0.15) is 13.2 Å². The topological polar surface area (TPSA) is 15.3 Å². The Hall–Kier alpha value is -2.08. The third kappa shape index (κ3) is 4.18. The van der Waals surface area contributed by atoms with Crippen molar-refractivity contribution in [1.82, 2.24) is 4.90 Å².